The number of halogens is 1. The number of hydrogen-bond acceptors (Lipinski definition) is 4. The Bertz CT molecular complexity index is 634. The zero-order chi connectivity index (χ0) is 16.7. The molecule has 1 unspecified atom stereocenters. The molecule has 2 rings (SSSR count). The lowest BCUT2D eigenvalue weighted by Crippen LogP contribution is -2.47. The zero-order valence-electron chi connectivity index (χ0n) is 13.2. The summed E-state index contributed by atoms with van der Waals surface area (Å²) >= 11 is 6.03. The van der Waals surface area contributed by atoms with Crippen LogP contribution in [0.15, 0.2) is 29.7 Å². The second-order valence-corrected chi connectivity index (χ2v) is 7.62. The smallest absolute Gasteiger partial charge is 0.234 e. The van der Waals surface area contributed by atoms with Gasteiger partial charge in [-0.3, -0.25) is 4.90 Å². The van der Waals surface area contributed by atoms with Crippen LogP contribution < -0.4 is 4.72 Å². The van der Waals surface area contributed by atoms with Crippen LogP contribution in [0.2, 0.25) is 5.02 Å². The first-order valence-electron chi connectivity index (χ1n) is 7.66. The lowest BCUT2D eigenvalue weighted by atomic mass is 10.1. The van der Waals surface area contributed by atoms with Crippen LogP contribution in [0.1, 0.15) is 18.4 Å². The van der Waals surface area contributed by atoms with E-state index >= 15 is 0 Å². The minimum Gasteiger partial charge on any atom is -0.383 e. The number of nitrogens with one attached hydrogen (secondary N) is 1. The van der Waals surface area contributed by atoms with Crippen molar-refractivity contribution in [1.82, 2.24) is 9.62 Å². The topological polar surface area (TPSA) is 58.6 Å². The van der Waals surface area contributed by atoms with Crippen molar-refractivity contribution in [2.45, 2.75) is 18.9 Å². The molecular weight excluding hydrogens is 336 g/mol. The standard InChI is InChI=1S/C16H23ClN2O3S/c1-22-11-10-19-9-4-6-15(13-19)18-23(20,21)12-8-14-5-2-3-7-16(14)17/h2-3,5,7-8,12,15,18H,4,6,9-11,13H2,1H3/b12-8+. The monoisotopic (exact) mass is 358 g/mol. The highest BCUT2D eigenvalue weighted by Gasteiger charge is 2.22. The number of likely N-dealkylation sites (tertiary alicyclic amines) is 1. The third-order valence-electron chi connectivity index (χ3n) is 3.78. The summed E-state index contributed by atoms with van der Waals surface area (Å²) in [6.45, 7) is 3.18. The van der Waals surface area contributed by atoms with Gasteiger partial charge in [0.05, 0.1) is 6.61 Å². The number of hydrogen-bond donors (Lipinski definition) is 1. The van der Waals surface area contributed by atoms with Crippen LogP contribution in [0.4, 0.5) is 0 Å². The van der Waals surface area contributed by atoms with Gasteiger partial charge in [0, 0.05) is 36.7 Å². The summed E-state index contributed by atoms with van der Waals surface area (Å²) in [6.07, 6.45) is 3.35. The highest BCUT2D eigenvalue weighted by Crippen LogP contribution is 2.17. The predicted molar refractivity (Wildman–Crippen MR) is 93.9 cm³/mol. The Morgan fingerprint density at radius 1 is 1.43 bits per heavy atom. The van der Waals surface area contributed by atoms with Crippen molar-refractivity contribution >= 4 is 27.7 Å². The van der Waals surface area contributed by atoms with Gasteiger partial charge in [-0.1, -0.05) is 29.8 Å². The van der Waals surface area contributed by atoms with Gasteiger partial charge in [-0.25, -0.2) is 13.1 Å². The fourth-order valence-corrected chi connectivity index (χ4v) is 3.88. The van der Waals surface area contributed by atoms with Crippen LogP contribution >= 0.6 is 11.6 Å². The summed E-state index contributed by atoms with van der Waals surface area (Å²) in [5.74, 6) is 0. The first-order chi connectivity index (χ1) is 11.0. The van der Waals surface area contributed by atoms with Crippen LogP contribution in [-0.2, 0) is 14.8 Å². The molecule has 128 valence electrons. The average Bonchev–Trinajstić information content (AvgIpc) is 2.52. The summed E-state index contributed by atoms with van der Waals surface area (Å²) in [4.78, 5) is 2.22. The molecule has 0 amide bonds. The Labute approximate surface area is 143 Å². The molecule has 1 N–H and O–H groups in total. The molecule has 0 aromatic heterocycles. The molecule has 1 heterocycles. The predicted octanol–water partition coefficient (Wildman–Crippen LogP) is 2.34. The van der Waals surface area contributed by atoms with Crippen molar-refractivity contribution in [2.75, 3.05) is 33.4 Å². The first kappa shape index (κ1) is 18.4. The van der Waals surface area contributed by atoms with Gasteiger partial charge in [-0.15, -0.1) is 0 Å². The van der Waals surface area contributed by atoms with E-state index < -0.39 is 10.0 Å². The van der Waals surface area contributed by atoms with Crippen molar-refractivity contribution in [1.29, 1.82) is 0 Å². The molecule has 1 aliphatic rings. The molecule has 0 aliphatic carbocycles. The molecule has 0 radical (unpaired) electrons. The van der Waals surface area contributed by atoms with Crippen LogP contribution in [0, 0.1) is 0 Å². The Kier molecular flexibility index (Phi) is 7.05. The number of benzene rings is 1. The highest BCUT2D eigenvalue weighted by atomic mass is 35.5. The number of ether oxygens (including phenoxy) is 1. The lowest BCUT2D eigenvalue weighted by Gasteiger charge is -2.32. The molecule has 7 heteroatoms. The van der Waals surface area contributed by atoms with E-state index in [1.807, 2.05) is 12.1 Å². The van der Waals surface area contributed by atoms with Crippen molar-refractivity contribution in [3.05, 3.63) is 40.3 Å². The van der Waals surface area contributed by atoms with E-state index in [1.54, 1.807) is 19.2 Å². The third kappa shape index (κ3) is 6.24. The van der Waals surface area contributed by atoms with Crippen molar-refractivity contribution in [2.24, 2.45) is 0 Å². The Balaban J connectivity index is 1.94. The van der Waals surface area contributed by atoms with Crippen LogP contribution in [0.5, 0.6) is 0 Å². The van der Waals surface area contributed by atoms with Crippen molar-refractivity contribution in [3.8, 4) is 0 Å². The van der Waals surface area contributed by atoms with E-state index in [4.69, 9.17) is 16.3 Å². The molecule has 0 spiro atoms. The zero-order valence-corrected chi connectivity index (χ0v) is 14.8. The molecule has 1 fully saturated rings. The molecule has 23 heavy (non-hydrogen) atoms. The van der Waals surface area contributed by atoms with E-state index in [2.05, 4.69) is 9.62 Å². The SMILES string of the molecule is COCCN1CCCC(NS(=O)(=O)/C=C/c2ccccc2Cl)C1. The second-order valence-electron chi connectivity index (χ2n) is 5.62. The lowest BCUT2D eigenvalue weighted by molar-refractivity contribution is 0.126. The molecule has 1 saturated heterocycles. The van der Waals surface area contributed by atoms with Crippen molar-refractivity contribution in [3.63, 3.8) is 0 Å². The summed E-state index contributed by atoms with van der Waals surface area (Å²) in [6, 6.07) is 7.07. The van der Waals surface area contributed by atoms with Crippen LogP contribution in [0.25, 0.3) is 6.08 Å². The first-order valence-corrected chi connectivity index (χ1v) is 9.59. The third-order valence-corrected chi connectivity index (χ3v) is 5.28. The minimum absolute atomic E-state index is 0.0681. The summed E-state index contributed by atoms with van der Waals surface area (Å²) in [7, 11) is -1.82. The van der Waals surface area contributed by atoms with Gasteiger partial charge in [0.1, 0.15) is 0 Å². The molecular formula is C16H23ClN2O3S. The fraction of sp³-hybridized carbons (Fsp3) is 0.500. The minimum atomic E-state index is -3.49. The van der Waals surface area contributed by atoms with E-state index in [1.165, 1.54) is 11.5 Å². The van der Waals surface area contributed by atoms with Gasteiger partial charge >= 0.3 is 0 Å². The molecule has 1 atom stereocenters. The molecule has 5 nitrogen and oxygen atoms in total. The Morgan fingerprint density at radius 2 is 2.22 bits per heavy atom. The molecule has 1 aromatic rings. The van der Waals surface area contributed by atoms with E-state index in [9.17, 15) is 8.42 Å². The number of piperidine rings is 1. The number of rotatable bonds is 7. The highest BCUT2D eigenvalue weighted by molar-refractivity contribution is 7.92. The van der Waals surface area contributed by atoms with Crippen molar-refractivity contribution < 1.29 is 13.2 Å². The van der Waals surface area contributed by atoms with Gasteiger partial charge in [0.2, 0.25) is 10.0 Å². The maximum absolute atomic E-state index is 12.2. The largest absolute Gasteiger partial charge is 0.383 e. The average molecular weight is 359 g/mol. The van der Waals surface area contributed by atoms with E-state index in [0.717, 1.165) is 25.9 Å². The molecule has 1 aromatic carbocycles. The fourth-order valence-electron chi connectivity index (χ4n) is 2.62. The summed E-state index contributed by atoms with van der Waals surface area (Å²) in [5, 5.41) is 1.71. The van der Waals surface area contributed by atoms with Crippen LogP contribution in [-0.4, -0.2) is 52.7 Å². The Morgan fingerprint density at radius 3 is 2.96 bits per heavy atom. The van der Waals surface area contributed by atoms with Gasteiger partial charge in [0.25, 0.3) is 0 Å². The molecule has 0 saturated carbocycles. The van der Waals surface area contributed by atoms with E-state index in [0.29, 0.717) is 23.7 Å². The normalized spacial score (nSPS) is 20.2. The summed E-state index contributed by atoms with van der Waals surface area (Å²) < 4.78 is 32.3. The van der Waals surface area contributed by atoms with Gasteiger partial charge < -0.3 is 4.74 Å². The summed E-state index contributed by atoms with van der Waals surface area (Å²) in [5.41, 5.74) is 0.685. The molecule has 0 bridgehead atoms. The molecule has 1 aliphatic heterocycles. The maximum Gasteiger partial charge on any atom is 0.234 e. The Hall–Kier alpha value is -0.920. The van der Waals surface area contributed by atoms with E-state index in [-0.39, 0.29) is 6.04 Å². The van der Waals surface area contributed by atoms with Gasteiger partial charge in [-0.05, 0) is 37.1 Å². The number of methoxy groups -OCH3 is 1. The van der Waals surface area contributed by atoms with Gasteiger partial charge in [-0.2, -0.15) is 0 Å². The van der Waals surface area contributed by atoms with Gasteiger partial charge in [0.15, 0.2) is 0 Å². The van der Waals surface area contributed by atoms with Crippen LogP contribution in [0.3, 0.4) is 0 Å². The number of nitrogens with zero attached hydrogens (tertiary/aromatic N) is 1. The maximum atomic E-state index is 12.2. The quantitative estimate of drug-likeness (QED) is 0.812. The second kappa shape index (κ2) is 8.80. The number of sulfonamides is 1.